The monoisotopic (exact) mass is 226 g/mol. The van der Waals surface area contributed by atoms with Gasteiger partial charge in [0.2, 0.25) is 0 Å². The van der Waals surface area contributed by atoms with E-state index < -0.39 is 0 Å². The smallest absolute Gasteiger partial charge is 0.0897 e. The van der Waals surface area contributed by atoms with Crippen LogP contribution < -0.4 is 5.32 Å². The normalized spacial score (nSPS) is 15.8. The van der Waals surface area contributed by atoms with E-state index >= 15 is 0 Å². The summed E-state index contributed by atoms with van der Waals surface area (Å²) in [5.74, 6) is 0.867. The van der Waals surface area contributed by atoms with Crippen LogP contribution in [0.25, 0.3) is 0 Å². The third-order valence-corrected chi connectivity index (χ3v) is 3.27. The van der Waals surface area contributed by atoms with Crippen molar-refractivity contribution in [1.29, 1.82) is 0 Å². The third-order valence-electron chi connectivity index (χ3n) is 2.45. The zero-order chi connectivity index (χ0) is 10.5. The molecule has 1 aliphatic carbocycles. The molecule has 0 saturated heterocycles. The molecular weight excluding hydrogens is 208 g/mol. The molecule has 0 bridgehead atoms. The second-order valence-corrected chi connectivity index (χ2v) is 5.12. The molecular formula is C11H18N2OS. The predicted octanol–water partition coefficient (Wildman–Crippen LogP) is 1.97. The number of rotatable bonds is 7. The first kappa shape index (κ1) is 11.0. The molecule has 0 radical (unpaired) electrons. The maximum absolute atomic E-state index is 5.52. The molecule has 1 aliphatic rings. The van der Waals surface area contributed by atoms with Crippen molar-refractivity contribution < 1.29 is 4.74 Å². The quantitative estimate of drug-likeness (QED) is 0.722. The van der Waals surface area contributed by atoms with Crippen LogP contribution in [0.3, 0.4) is 0 Å². The van der Waals surface area contributed by atoms with E-state index in [2.05, 4.69) is 15.7 Å². The van der Waals surface area contributed by atoms with Crippen LogP contribution in [-0.4, -0.2) is 24.7 Å². The molecule has 0 unspecified atom stereocenters. The first-order chi connectivity index (χ1) is 7.34. The van der Waals surface area contributed by atoms with Crippen molar-refractivity contribution in [3.63, 3.8) is 0 Å². The molecule has 0 aromatic carbocycles. The molecule has 1 aromatic heterocycles. The minimum Gasteiger partial charge on any atom is -0.380 e. The van der Waals surface area contributed by atoms with Gasteiger partial charge in [0.1, 0.15) is 0 Å². The van der Waals surface area contributed by atoms with Gasteiger partial charge in [-0.25, -0.2) is 4.98 Å². The van der Waals surface area contributed by atoms with Crippen molar-refractivity contribution in [3.05, 3.63) is 16.1 Å². The van der Waals surface area contributed by atoms with Crippen LogP contribution in [0, 0.1) is 12.8 Å². The van der Waals surface area contributed by atoms with Crippen molar-refractivity contribution in [2.45, 2.75) is 26.3 Å². The van der Waals surface area contributed by atoms with Gasteiger partial charge in [0.25, 0.3) is 0 Å². The average Bonchev–Trinajstić information content (AvgIpc) is 2.95. The molecule has 1 aromatic rings. The van der Waals surface area contributed by atoms with E-state index in [0.717, 1.165) is 42.9 Å². The van der Waals surface area contributed by atoms with Gasteiger partial charge in [0.05, 0.1) is 17.3 Å². The zero-order valence-electron chi connectivity index (χ0n) is 9.16. The number of hydrogen-bond donors (Lipinski definition) is 1. The maximum Gasteiger partial charge on any atom is 0.0897 e. The lowest BCUT2D eigenvalue weighted by molar-refractivity contribution is 0.126. The summed E-state index contributed by atoms with van der Waals surface area (Å²) in [6, 6.07) is 0. The molecule has 84 valence electrons. The largest absolute Gasteiger partial charge is 0.380 e. The standard InChI is InChI=1S/C11H18N2OS/c1-9-13-11(8-15-9)6-12-4-5-14-7-10-2-3-10/h8,10,12H,2-7H2,1H3. The molecule has 0 spiro atoms. The van der Waals surface area contributed by atoms with Crippen LogP contribution in [0.15, 0.2) is 5.38 Å². The molecule has 4 heteroatoms. The fourth-order valence-corrected chi connectivity index (χ4v) is 2.00. The Balaban J connectivity index is 1.47. The highest BCUT2D eigenvalue weighted by atomic mass is 32.1. The number of aryl methyl sites for hydroxylation is 1. The highest BCUT2D eigenvalue weighted by Gasteiger charge is 2.20. The van der Waals surface area contributed by atoms with Gasteiger partial charge in [0.15, 0.2) is 0 Å². The Hall–Kier alpha value is -0.450. The first-order valence-electron chi connectivity index (χ1n) is 5.54. The SMILES string of the molecule is Cc1nc(CNCCOCC2CC2)cs1. The van der Waals surface area contributed by atoms with Crippen LogP contribution in [0.5, 0.6) is 0 Å². The minimum atomic E-state index is 0.819. The van der Waals surface area contributed by atoms with Gasteiger partial charge in [-0.1, -0.05) is 0 Å². The fourth-order valence-electron chi connectivity index (χ4n) is 1.38. The predicted molar refractivity (Wildman–Crippen MR) is 62.1 cm³/mol. The van der Waals surface area contributed by atoms with E-state index in [0.29, 0.717) is 0 Å². The number of ether oxygens (including phenoxy) is 1. The fraction of sp³-hybridized carbons (Fsp3) is 0.727. The molecule has 3 nitrogen and oxygen atoms in total. The van der Waals surface area contributed by atoms with E-state index in [1.54, 1.807) is 11.3 Å². The molecule has 1 saturated carbocycles. The van der Waals surface area contributed by atoms with Crippen LogP contribution >= 0.6 is 11.3 Å². The highest BCUT2D eigenvalue weighted by Crippen LogP contribution is 2.28. The van der Waals surface area contributed by atoms with Crippen molar-refractivity contribution in [2.75, 3.05) is 19.8 Å². The Kier molecular flexibility index (Phi) is 4.11. The van der Waals surface area contributed by atoms with E-state index in [9.17, 15) is 0 Å². The highest BCUT2D eigenvalue weighted by molar-refractivity contribution is 7.09. The van der Waals surface area contributed by atoms with E-state index in [-0.39, 0.29) is 0 Å². The average molecular weight is 226 g/mol. The molecule has 0 atom stereocenters. The summed E-state index contributed by atoms with van der Waals surface area (Å²) in [7, 11) is 0. The third kappa shape index (κ3) is 4.28. The Bertz CT molecular complexity index is 297. The topological polar surface area (TPSA) is 34.2 Å². The van der Waals surface area contributed by atoms with Crippen LogP contribution in [0.4, 0.5) is 0 Å². The molecule has 2 rings (SSSR count). The molecule has 15 heavy (non-hydrogen) atoms. The van der Waals surface area contributed by atoms with Gasteiger partial charge in [-0.05, 0) is 25.7 Å². The molecule has 1 fully saturated rings. The number of nitrogens with one attached hydrogen (secondary N) is 1. The summed E-state index contributed by atoms with van der Waals surface area (Å²) in [5, 5.41) is 6.57. The van der Waals surface area contributed by atoms with Gasteiger partial charge in [-0.15, -0.1) is 11.3 Å². The Labute approximate surface area is 94.9 Å². The Morgan fingerprint density at radius 3 is 3.13 bits per heavy atom. The van der Waals surface area contributed by atoms with Gasteiger partial charge >= 0.3 is 0 Å². The lowest BCUT2D eigenvalue weighted by Crippen LogP contribution is -2.19. The van der Waals surface area contributed by atoms with E-state index in [4.69, 9.17) is 4.74 Å². The lowest BCUT2D eigenvalue weighted by atomic mass is 10.4. The van der Waals surface area contributed by atoms with E-state index in [1.165, 1.54) is 12.8 Å². The first-order valence-corrected chi connectivity index (χ1v) is 6.42. The maximum atomic E-state index is 5.52. The summed E-state index contributed by atoms with van der Waals surface area (Å²) in [4.78, 5) is 4.38. The number of aromatic nitrogens is 1. The number of nitrogens with zero attached hydrogens (tertiary/aromatic N) is 1. The summed E-state index contributed by atoms with van der Waals surface area (Å²) in [5.41, 5.74) is 1.14. The van der Waals surface area contributed by atoms with Crippen LogP contribution in [0.2, 0.25) is 0 Å². The summed E-state index contributed by atoms with van der Waals surface area (Å²) < 4.78 is 5.52. The lowest BCUT2D eigenvalue weighted by Gasteiger charge is -2.03. The molecule has 0 amide bonds. The zero-order valence-corrected chi connectivity index (χ0v) is 9.98. The second kappa shape index (κ2) is 5.58. The van der Waals surface area contributed by atoms with Crippen LogP contribution in [0.1, 0.15) is 23.5 Å². The van der Waals surface area contributed by atoms with Gasteiger partial charge < -0.3 is 10.1 Å². The van der Waals surface area contributed by atoms with E-state index in [1.807, 2.05) is 6.92 Å². The Morgan fingerprint density at radius 1 is 1.60 bits per heavy atom. The van der Waals surface area contributed by atoms with Gasteiger partial charge in [-0.3, -0.25) is 0 Å². The number of thiazole rings is 1. The van der Waals surface area contributed by atoms with Crippen molar-refractivity contribution >= 4 is 11.3 Å². The molecule has 1 heterocycles. The van der Waals surface area contributed by atoms with Crippen molar-refractivity contribution in [1.82, 2.24) is 10.3 Å². The molecule has 1 N–H and O–H groups in total. The number of hydrogen-bond acceptors (Lipinski definition) is 4. The Morgan fingerprint density at radius 2 is 2.47 bits per heavy atom. The van der Waals surface area contributed by atoms with Gasteiger partial charge in [-0.2, -0.15) is 0 Å². The van der Waals surface area contributed by atoms with Crippen molar-refractivity contribution in [3.8, 4) is 0 Å². The van der Waals surface area contributed by atoms with Crippen LogP contribution in [-0.2, 0) is 11.3 Å². The second-order valence-electron chi connectivity index (χ2n) is 4.05. The van der Waals surface area contributed by atoms with Crippen molar-refractivity contribution in [2.24, 2.45) is 5.92 Å². The summed E-state index contributed by atoms with van der Waals surface area (Å²) in [6.45, 7) is 5.59. The summed E-state index contributed by atoms with van der Waals surface area (Å²) >= 11 is 1.70. The summed E-state index contributed by atoms with van der Waals surface area (Å²) in [6.07, 6.45) is 2.73. The van der Waals surface area contributed by atoms with Gasteiger partial charge in [0, 0.05) is 25.1 Å². The molecule has 0 aliphatic heterocycles. The minimum absolute atomic E-state index is 0.819.